The van der Waals surface area contributed by atoms with Gasteiger partial charge in [0.05, 0.1) is 19.1 Å². The Morgan fingerprint density at radius 3 is 2.09 bits per heavy atom. The van der Waals surface area contributed by atoms with Crippen LogP contribution in [0.25, 0.3) is 0 Å². The number of methoxy groups -OCH3 is 1. The van der Waals surface area contributed by atoms with E-state index >= 15 is 0 Å². The fraction of sp³-hybridized carbons (Fsp3) is 0.867. The molecule has 9 nitrogen and oxygen atoms in total. The number of fused-ring (bicyclic) bond motifs is 7. The lowest BCUT2D eigenvalue weighted by atomic mass is 9.33. The SMILES string of the molecule is COC(=O)[C@@]1(C)CC[C@]2(C)CC[C@]3(C)C(=CC(=O)[C@@H]4[C@@]5(C)CC[C@H](OC(=O)[C@H](CO[Si](C)(C)C(C)(C)C)NC(=O)OC(C)(C)C)C(C)(C)[C@@H]5CC[C@]43C)[C@@H]2C1. The summed E-state index contributed by atoms with van der Waals surface area (Å²) in [6, 6.07) is -1.02. The van der Waals surface area contributed by atoms with Crippen molar-refractivity contribution in [2.24, 2.45) is 50.2 Å². The summed E-state index contributed by atoms with van der Waals surface area (Å²) >= 11 is 0. The number of nitrogens with one attached hydrogen (secondary N) is 1. The van der Waals surface area contributed by atoms with Gasteiger partial charge in [0.1, 0.15) is 11.7 Å². The summed E-state index contributed by atoms with van der Waals surface area (Å²) < 4.78 is 23.8. The predicted molar refractivity (Wildman–Crippen MR) is 218 cm³/mol. The van der Waals surface area contributed by atoms with E-state index in [2.05, 4.69) is 87.6 Å². The molecule has 1 N–H and O–H groups in total. The van der Waals surface area contributed by atoms with E-state index in [0.717, 1.165) is 51.4 Å². The van der Waals surface area contributed by atoms with E-state index in [9.17, 15) is 19.2 Å². The minimum absolute atomic E-state index is 0.00383. The van der Waals surface area contributed by atoms with Crippen LogP contribution in [0.2, 0.25) is 18.1 Å². The van der Waals surface area contributed by atoms with Crippen molar-refractivity contribution < 1.29 is 37.8 Å². The number of carbonyl (C=O) groups excluding carboxylic acids is 4. The fourth-order valence-electron chi connectivity index (χ4n) is 12.1. The summed E-state index contributed by atoms with van der Waals surface area (Å²) in [7, 11) is -0.772. The van der Waals surface area contributed by atoms with Crippen LogP contribution in [0.1, 0.15) is 148 Å². The van der Waals surface area contributed by atoms with Crippen LogP contribution >= 0.6 is 0 Å². The number of hydrogen-bond acceptors (Lipinski definition) is 8. The maximum atomic E-state index is 14.9. The van der Waals surface area contributed by atoms with Gasteiger partial charge < -0.3 is 24.0 Å². The lowest BCUT2D eigenvalue weighted by Crippen LogP contribution is -2.67. The van der Waals surface area contributed by atoms with Crippen molar-refractivity contribution in [2.45, 2.75) is 184 Å². The maximum absolute atomic E-state index is 14.9. The summed E-state index contributed by atoms with van der Waals surface area (Å²) in [6.45, 7) is 32.0. The Morgan fingerprint density at radius 2 is 1.51 bits per heavy atom. The summed E-state index contributed by atoms with van der Waals surface area (Å²) in [5.41, 5.74) is -1.10. The van der Waals surface area contributed by atoms with E-state index in [1.54, 1.807) is 20.8 Å². The first-order valence-corrected chi connectivity index (χ1v) is 24.0. The van der Waals surface area contributed by atoms with Crippen molar-refractivity contribution >= 4 is 32.1 Å². The van der Waals surface area contributed by atoms with Crippen LogP contribution in [-0.2, 0) is 33.0 Å². The van der Waals surface area contributed by atoms with Crippen molar-refractivity contribution in [1.82, 2.24) is 5.32 Å². The van der Waals surface area contributed by atoms with E-state index in [1.807, 2.05) is 6.08 Å². The standard InChI is InChI=1S/C45H75NO8Si/c1-38(2,3)54-37(50)46-30(27-52-55(15,16)39(4,5)6)35(48)53-33-18-19-43(11)32(40(33,7)8)17-20-45(13)34(43)31(47)25-28-29-26-42(10,36(49)51-14)22-21-41(29,9)23-24-44(28,45)12/h25,29-30,32-34H,17-24,26-27H2,1-16H3,(H,46,50)/t29-,30-,32-,33-,34+,41+,42-,43-,44+,45+/m0/s1. The second kappa shape index (κ2) is 14.0. The fourth-order valence-corrected chi connectivity index (χ4v) is 13.2. The first-order chi connectivity index (χ1) is 24.9. The Hall–Kier alpha value is -2.20. The van der Waals surface area contributed by atoms with Gasteiger partial charge >= 0.3 is 18.0 Å². The van der Waals surface area contributed by atoms with Crippen LogP contribution in [0.15, 0.2) is 11.6 Å². The molecule has 5 rings (SSSR count). The average Bonchev–Trinajstić information content (AvgIpc) is 3.04. The zero-order chi connectivity index (χ0) is 41.6. The Morgan fingerprint density at radius 1 is 0.891 bits per heavy atom. The van der Waals surface area contributed by atoms with Gasteiger partial charge in [-0.15, -0.1) is 0 Å². The molecule has 0 heterocycles. The van der Waals surface area contributed by atoms with Crippen molar-refractivity contribution in [3.63, 3.8) is 0 Å². The van der Waals surface area contributed by atoms with Gasteiger partial charge in [0.2, 0.25) is 0 Å². The lowest BCUT2D eigenvalue weighted by molar-refractivity contribution is -0.212. The zero-order valence-electron chi connectivity index (χ0n) is 37.3. The summed E-state index contributed by atoms with van der Waals surface area (Å²) in [5, 5.41) is 2.69. The Balaban J connectivity index is 1.41. The topological polar surface area (TPSA) is 117 Å². The second-order valence-electron chi connectivity index (χ2n) is 22.8. The third kappa shape index (κ3) is 7.39. The van der Waals surface area contributed by atoms with Gasteiger partial charge in [0, 0.05) is 11.3 Å². The highest BCUT2D eigenvalue weighted by Gasteiger charge is 2.70. The second-order valence-corrected chi connectivity index (χ2v) is 27.6. The zero-order valence-corrected chi connectivity index (χ0v) is 38.3. The van der Waals surface area contributed by atoms with Gasteiger partial charge in [-0.3, -0.25) is 9.59 Å². The number of rotatable bonds is 7. The maximum Gasteiger partial charge on any atom is 0.408 e. The molecule has 0 radical (unpaired) electrons. The van der Waals surface area contributed by atoms with E-state index < -0.39 is 49.0 Å². The first-order valence-electron chi connectivity index (χ1n) is 21.1. The van der Waals surface area contributed by atoms with Gasteiger partial charge in [-0.1, -0.05) is 67.9 Å². The van der Waals surface area contributed by atoms with Crippen LogP contribution in [0, 0.1) is 50.2 Å². The Labute approximate surface area is 333 Å². The van der Waals surface area contributed by atoms with Crippen LogP contribution in [0.4, 0.5) is 4.79 Å². The average molecular weight is 786 g/mol. The molecule has 0 aliphatic heterocycles. The molecule has 5 aliphatic rings. The Bertz CT molecular complexity index is 1590. The largest absolute Gasteiger partial charge is 0.469 e. The molecule has 0 saturated heterocycles. The minimum atomic E-state index is -2.26. The molecule has 10 atom stereocenters. The van der Waals surface area contributed by atoms with E-state index in [-0.39, 0.29) is 62.8 Å². The van der Waals surface area contributed by atoms with Gasteiger partial charge in [0.15, 0.2) is 20.1 Å². The molecule has 0 unspecified atom stereocenters. The molecule has 0 bridgehead atoms. The molecule has 5 aliphatic carbocycles. The number of ketones is 1. The number of allylic oxidation sites excluding steroid dienone is 2. The van der Waals surface area contributed by atoms with Gasteiger partial charge in [-0.25, -0.2) is 9.59 Å². The van der Waals surface area contributed by atoms with Gasteiger partial charge in [-0.2, -0.15) is 0 Å². The number of alkyl carbamates (subject to hydrolysis) is 1. The molecule has 1 amide bonds. The van der Waals surface area contributed by atoms with E-state index in [1.165, 1.54) is 12.7 Å². The molecule has 0 aromatic heterocycles. The third-order valence-electron chi connectivity index (χ3n) is 16.8. The summed E-state index contributed by atoms with van der Waals surface area (Å²) in [6.07, 6.45) is 8.78. The number of amides is 1. The quantitative estimate of drug-likeness (QED) is 0.154. The number of esters is 2. The number of hydrogen-bond donors (Lipinski definition) is 1. The number of ether oxygens (including phenoxy) is 3. The molecule has 0 aromatic rings. The van der Waals surface area contributed by atoms with Crippen LogP contribution in [0.5, 0.6) is 0 Å². The molecule has 4 saturated carbocycles. The smallest absolute Gasteiger partial charge is 0.408 e. The van der Waals surface area contributed by atoms with Gasteiger partial charge in [0.25, 0.3) is 0 Å². The normalized spacial score (nSPS) is 39.2. The van der Waals surface area contributed by atoms with E-state index in [4.69, 9.17) is 18.6 Å². The molecule has 0 aromatic carbocycles. The molecular weight excluding hydrogens is 711 g/mol. The molecular formula is C45H75NO8Si. The monoisotopic (exact) mass is 786 g/mol. The molecule has 312 valence electrons. The van der Waals surface area contributed by atoms with Crippen molar-refractivity contribution in [3.8, 4) is 0 Å². The van der Waals surface area contributed by atoms with Crippen molar-refractivity contribution in [2.75, 3.05) is 13.7 Å². The van der Waals surface area contributed by atoms with E-state index in [0.29, 0.717) is 6.42 Å². The predicted octanol–water partition coefficient (Wildman–Crippen LogP) is 9.97. The van der Waals surface area contributed by atoms with Gasteiger partial charge in [-0.05, 0) is 143 Å². The molecule has 10 heteroatoms. The molecule has 0 spiro atoms. The van der Waals surface area contributed by atoms with Crippen LogP contribution in [0.3, 0.4) is 0 Å². The highest BCUT2D eigenvalue weighted by Crippen LogP contribution is 2.75. The minimum Gasteiger partial charge on any atom is -0.469 e. The summed E-state index contributed by atoms with van der Waals surface area (Å²) in [5.74, 6) is -0.297. The van der Waals surface area contributed by atoms with Crippen LogP contribution < -0.4 is 5.32 Å². The lowest BCUT2D eigenvalue weighted by Gasteiger charge is -2.70. The molecule has 55 heavy (non-hydrogen) atoms. The third-order valence-corrected chi connectivity index (χ3v) is 21.3. The summed E-state index contributed by atoms with van der Waals surface area (Å²) in [4.78, 5) is 55.1. The highest BCUT2D eigenvalue weighted by molar-refractivity contribution is 6.74. The Kier molecular flexibility index (Phi) is 11.2. The van der Waals surface area contributed by atoms with Crippen molar-refractivity contribution in [1.29, 1.82) is 0 Å². The van der Waals surface area contributed by atoms with Crippen molar-refractivity contribution in [3.05, 3.63) is 11.6 Å². The number of carbonyl (C=O) groups is 4. The highest BCUT2D eigenvalue weighted by atomic mass is 28.4. The van der Waals surface area contributed by atoms with Crippen LogP contribution in [-0.4, -0.2) is 63.6 Å². The molecule has 4 fully saturated rings. The first kappa shape index (κ1) is 43.9.